The first-order valence-corrected chi connectivity index (χ1v) is 8.31. The minimum atomic E-state index is -0.207. The number of halogens is 2. The van der Waals surface area contributed by atoms with E-state index in [1.54, 1.807) is 0 Å². The summed E-state index contributed by atoms with van der Waals surface area (Å²) in [4.78, 5) is 0. The molecule has 4 heteroatoms. The summed E-state index contributed by atoms with van der Waals surface area (Å²) in [5.74, 6) is -0.207. The van der Waals surface area contributed by atoms with Crippen molar-refractivity contribution in [3.63, 3.8) is 0 Å². The van der Waals surface area contributed by atoms with E-state index in [0.717, 1.165) is 36.2 Å². The molecule has 1 saturated carbocycles. The van der Waals surface area contributed by atoms with Gasteiger partial charge in [-0.25, -0.2) is 4.39 Å². The Morgan fingerprint density at radius 3 is 2.80 bits per heavy atom. The highest BCUT2D eigenvalue weighted by atomic mass is 79.9. The molecule has 1 aliphatic carbocycles. The number of rotatable bonds is 7. The van der Waals surface area contributed by atoms with Gasteiger partial charge < -0.3 is 10.1 Å². The van der Waals surface area contributed by atoms with Crippen LogP contribution in [-0.4, -0.2) is 19.3 Å². The third-order valence-electron chi connectivity index (χ3n) is 3.73. The van der Waals surface area contributed by atoms with Crippen molar-refractivity contribution in [3.8, 4) is 0 Å². The van der Waals surface area contributed by atoms with Crippen molar-refractivity contribution in [1.29, 1.82) is 0 Å². The predicted molar refractivity (Wildman–Crippen MR) is 83.2 cm³/mol. The normalized spacial score (nSPS) is 16.5. The summed E-state index contributed by atoms with van der Waals surface area (Å²) in [6, 6.07) is 4.81. The molecule has 20 heavy (non-hydrogen) atoms. The Labute approximate surface area is 129 Å². The van der Waals surface area contributed by atoms with Crippen LogP contribution < -0.4 is 5.32 Å². The molecule has 0 atom stereocenters. The van der Waals surface area contributed by atoms with Gasteiger partial charge in [0.2, 0.25) is 0 Å². The van der Waals surface area contributed by atoms with Crippen LogP contribution in [-0.2, 0) is 11.3 Å². The summed E-state index contributed by atoms with van der Waals surface area (Å²) in [7, 11) is 0. The minimum absolute atomic E-state index is 0.207. The van der Waals surface area contributed by atoms with Gasteiger partial charge in [-0.1, -0.05) is 41.3 Å². The smallest absolute Gasteiger partial charge is 0.124 e. The molecule has 0 unspecified atom stereocenters. The van der Waals surface area contributed by atoms with Crippen LogP contribution in [0.3, 0.4) is 0 Å². The molecule has 0 amide bonds. The highest BCUT2D eigenvalue weighted by molar-refractivity contribution is 9.10. The molecule has 0 heterocycles. The molecular weight excluding hydrogens is 321 g/mol. The van der Waals surface area contributed by atoms with Gasteiger partial charge in [0, 0.05) is 17.6 Å². The van der Waals surface area contributed by atoms with Crippen LogP contribution in [0.25, 0.3) is 0 Å². The SMILES string of the molecule is Fc1ccc(CNCCCOC2CCCCC2)c(Br)c1. The lowest BCUT2D eigenvalue weighted by atomic mass is 9.98. The first kappa shape index (κ1) is 15.9. The van der Waals surface area contributed by atoms with Gasteiger partial charge in [-0.2, -0.15) is 0 Å². The van der Waals surface area contributed by atoms with Crippen LogP contribution in [0.1, 0.15) is 44.1 Å². The van der Waals surface area contributed by atoms with Gasteiger partial charge in [-0.05, 0) is 43.5 Å². The largest absolute Gasteiger partial charge is 0.378 e. The van der Waals surface area contributed by atoms with Crippen molar-refractivity contribution in [2.45, 2.75) is 51.2 Å². The van der Waals surface area contributed by atoms with E-state index in [1.807, 2.05) is 6.07 Å². The summed E-state index contributed by atoms with van der Waals surface area (Å²) >= 11 is 3.38. The number of nitrogens with one attached hydrogen (secondary N) is 1. The van der Waals surface area contributed by atoms with Gasteiger partial charge >= 0.3 is 0 Å². The van der Waals surface area contributed by atoms with E-state index in [4.69, 9.17) is 4.74 Å². The molecule has 1 aliphatic rings. The summed E-state index contributed by atoms with van der Waals surface area (Å²) < 4.78 is 19.6. The average Bonchev–Trinajstić information content (AvgIpc) is 2.46. The standard InChI is InChI=1S/C16H23BrFNO/c17-16-11-14(18)8-7-13(16)12-19-9-4-10-20-15-5-2-1-3-6-15/h7-8,11,15,19H,1-6,9-10,12H2. The van der Waals surface area contributed by atoms with Gasteiger partial charge in [0.15, 0.2) is 0 Å². The van der Waals surface area contributed by atoms with Gasteiger partial charge in [0.25, 0.3) is 0 Å². The van der Waals surface area contributed by atoms with E-state index in [2.05, 4.69) is 21.2 Å². The lowest BCUT2D eigenvalue weighted by molar-refractivity contribution is 0.0273. The molecule has 0 radical (unpaired) electrons. The number of benzene rings is 1. The van der Waals surface area contributed by atoms with Gasteiger partial charge in [-0.3, -0.25) is 0 Å². The van der Waals surface area contributed by atoms with Crippen molar-refractivity contribution in [1.82, 2.24) is 5.32 Å². The molecule has 1 aromatic rings. The Bertz CT molecular complexity index is 407. The van der Waals surface area contributed by atoms with E-state index in [1.165, 1.54) is 44.2 Å². The Hall–Kier alpha value is -0.450. The lowest BCUT2D eigenvalue weighted by Crippen LogP contribution is -2.20. The van der Waals surface area contributed by atoms with E-state index >= 15 is 0 Å². The zero-order valence-corrected chi connectivity index (χ0v) is 13.4. The quantitative estimate of drug-likeness (QED) is 0.740. The maximum Gasteiger partial charge on any atom is 0.124 e. The Morgan fingerprint density at radius 1 is 1.25 bits per heavy atom. The van der Waals surface area contributed by atoms with Crippen LogP contribution >= 0.6 is 15.9 Å². The van der Waals surface area contributed by atoms with E-state index in [9.17, 15) is 4.39 Å². The van der Waals surface area contributed by atoms with Crippen LogP contribution in [0.2, 0.25) is 0 Å². The zero-order chi connectivity index (χ0) is 14.2. The summed E-state index contributed by atoms with van der Waals surface area (Å²) in [5, 5.41) is 3.37. The summed E-state index contributed by atoms with van der Waals surface area (Å²) in [5.41, 5.74) is 1.08. The molecule has 2 rings (SSSR count). The van der Waals surface area contributed by atoms with Crippen LogP contribution in [0, 0.1) is 5.82 Å². The second-order valence-electron chi connectivity index (χ2n) is 5.40. The van der Waals surface area contributed by atoms with Crippen LogP contribution in [0.15, 0.2) is 22.7 Å². The summed E-state index contributed by atoms with van der Waals surface area (Å²) in [6.07, 6.45) is 7.99. The molecule has 112 valence electrons. The molecule has 0 bridgehead atoms. The molecule has 2 nitrogen and oxygen atoms in total. The van der Waals surface area contributed by atoms with E-state index in [0.29, 0.717) is 6.10 Å². The molecule has 0 spiro atoms. The fourth-order valence-electron chi connectivity index (χ4n) is 2.57. The third kappa shape index (κ3) is 5.51. The molecule has 0 aromatic heterocycles. The average molecular weight is 344 g/mol. The molecule has 0 aliphatic heterocycles. The van der Waals surface area contributed by atoms with Crippen molar-refractivity contribution < 1.29 is 9.13 Å². The first-order valence-electron chi connectivity index (χ1n) is 7.52. The number of hydrogen-bond donors (Lipinski definition) is 1. The van der Waals surface area contributed by atoms with Gasteiger partial charge in [0.1, 0.15) is 5.82 Å². The molecule has 1 fully saturated rings. The van der Waals surface area contributed by atoms with Crippen molar-refractivity contribution in [2.75, 3.05) is 13.2 Å². The van der Waals surface area contributed by atoms with Crippen molar-refractivity contribution in [2.24, 2.45) is 0 Å². The highest BCUT2D eigenvalue weighted by Gasteiger charge is 2.12. The van der Waals surface area contributed by atoms with E-state index < -0.39 is 0 Å². The Morgan fingerprint density at radius 2 is 2.05 bits per heavy atom. The number of ether oxygens (including phenoxy) is 1. The molecule has 1 N–H and O–H groups in total. The van der Waals surface area contributed by atoms with Crippen molar-refractivity contribution >= 4 is 15.9 Å². The maximum absolute atomic E-state index is 12.9. The van der Waals surface area contributed by atoms with Crippen LogP contribution in [0.5, 0.6) is 0 Å². The monoisotopic (exact) mass is 343 g/mol. The zero-order valence-electron chi connectivity index (χ0n) is 11.8. The molecular formula is C16H23BrFNO. The first-order chi connectivity index (χ1) is 9.75. The Balaban J connectivity index is 1.55. The van der Waals surface area contributed by atoms with Crippen LogP contribution in [0.4, 0.5) is 4.39 Å². The number of hydrogen-bond acceptors (Lipinski definition) is 2. The summed E-state index contributed by atoms with van der Waals surface area (Å²) in [6.45, 7) is 2.52. The Kier molecular flexibility index (Phi) is 6.97. The molecule has 0 saturated heterocycles. The second-order valence-corrected chi connectivity index (χ2v) is 6.25. The highest BCUT2D eigenvalue weighted by Crippen LogP contribution is 2.20. The minimum Gasteiger partial charge on any atom is -0.378 e. The second kappa shape index (κ2) is 8.75. The fourth-order valence-corrected chi connectivity index (χ4v) is 3.06. The van der Waals surface area contributed by atoms with Gasteiger partial charge in [-0.15, -0.1) is 0 Å². The predicted octanol–water partition coefficient (Wildman–Crippen LogP) is 4.42. The van der Waals surface area contributed by atoms with Gasteiger partial charge in [0.05, 0.1) is 6.10 Å². The maximum atomic E-state index is 12.9. The molecule has 1 aromatic carbocycles. The van der Waals surface area contributed by atoms with Crippen molar-refractivity contribution in [3.05, 3.63) is 34.1 Å². The fraction of sp³-hybridized carbons (Fsp3) is 0.625. The third-order valence-corrected chi connectivity index (χ3v) is 4.47. The topological polar surface area (TPSA) is 21.3 Å². The van der Waals surface area contributed by atoms with E-state index in [-0.39, 0.29) is 5.82 Å². The lowest BCUT2D eigenvalue weighted by Gasteiger charge is -2.21.